The Hall–Kier alpha value is -3.41. The third-order valence-electron chi connectivity index (χ3n) is 5.28. The average molecular weight is 495 g/mol. The lowest BCUT2D eigenvalue weighted by molar-refractivity contribution is -0.0508. The quantitative estimate of drug-likeness (QED) is 0.289. The van der Waals surface area contributed by atoms with Crippen LogP contribution in [0, 0.1) is 20.8 Å². The number of aryl methyl sites for hydroxylation is 1. The standard InChI is InChI=1S/C22H25ClF2N6O3/c1-12-13(2)28-31(14(12)3)15-8-9-20(17(23)10-15)33-11-16-18(30(27)22(32)29(4)26)6-5-7-19(16)34-21(24)25/h5-10,21H,11,26-27H2,1-4H3. The number of urea groups is 1. The van der Waals surface area contributed by atoms with E-state index in [0.717, 1.165) is 27.6 Å². The van der Waals surface area contributed by atoms with Crippen molar-refractivity contribution in [2.75, 3.05) is 12.1 Å². The van der Waals surface area contributed by atoms with E-state index in [9.17, 15) is 13.6 Å². The molecule has 0 fully saturated rings. The van der Waals surface area contributed by atoms with E-state index in [-0.39, 0.29) is 34.4 Å². The maximum Gasteiger partial charge on any atom is 0.387 e. The van der Waals surface area contributed by atoms with Crippen molar-refractivity contribution in [2.45, 2.75) is 34.0 Å². The van der Waals surface area contributed by atoms with Gasteiger partial charge in [-0.05, 0) is 56.7 Å². The number of alkyl halides is 2. The lowest BCUT2D eigenvalue weighted by atomic mass is 10.1. The number of benzene rings is 2. The largest absolute Gasteiger partial charge is 0.487 e. The number of nitrogens with two attached hydrogens (primary N) is 2. The van der Waals surface area contributed by atoms with Gasteiger partial charge in [0.05, 0.1) is 27.7 Å². The van der Waals surface area contributed by atoms with Gasteiger partial charge in [0, 0.05) is 12.7 Å². The molecule has 2 amide bonds. The van der Waals surface area contributed by atoms with Gasteiger partial charge in [0.25, 0.3) is 0 Å². The first-order valence-electron chi connectivity index (χ1n) is 10.1. The van der Waals surface area contributed by atoms with Crippen LogP contribution < -0.4 is 26.2 Å². The van der Waals surface area contributed by atoms with E-state index in [0.29, 0.717) is 5.01 Å². The fourth-order valence-electron chi connectivity index (χ4n) is 3.26. The van der Waals surface area contributed by atoms with Gasteiger partial charge in [-0.25, -0.2) is 26.2 Å². The Labute approximate surface area is 200 Å². The number of amides is 2. The van der Waals surface area contributed by atoms with Crippen molar-refractivity contribution in [3.8, 4) is 17.2 Å². The third-order valence-corrected chi connectivity index (χ3v) is 5.57. The normalized spacial score (nSPS) is 11.0. The van der Waals surface area contributed by atoms with Gasteiger partial charge in [-0.3, -0.25) is 5.01 Å². The monoisotopic (exact) mass is 494 g/mol. The number of anilines is 1. The number of halogens is 3. The molecule has 34 heavy (non-hydrogen) atoms. The lowest BCUT2D eigenvalue weighted by Gasteiger charge is -2.24. The first-order chi connectivity index (χ1) is 16.0. The van der Waals surface area contributed by atoms with Gasteiger partial charge < -0.3 is 9.47 Å². The molecule has 3 aromatic rings. The van der Waals surface area contributed by atoms with Crippen LogP contribution in [0.1, 0.15) is 22.5 Å². The van der Waals surface area contributed by atoms with Crippen LogP contribution in [0.15, 0.2) is 36.4 Å². The number of ether oxygens (including phenoxy) is 2. The van der Waals surface area contributed by atoms with Crippen molar-refractivity contribution >= 4 is 23.3 Å². The van der Waals surface area contributed by atoms with Crippen molar-refractivity contribution in [1.82, 2.24) is 14.8 Å². The summed E-state index contributed by atoms with van der Waals surface area (Å²) in [5, 5.41) is 6.25. The summed E-state index contributed by atoms with van der Waals surface area (Å²) in [6.07, 6.45) is 0. The lowest BCUT2D eigenvalue weighted by Crippen LogP contribution is -2.49. The SMILES string of the molecule is Cc1nn(-c2ccc(OCc3c(OC(F)F)cccc3N(N)C(=O)N(C)N)c(Cl)c2)c(C)c1C. The highest BCUT2D eigenvalue weighted by atomic mass is 35.5. The smallest absolute Gasteiger partial charge is 0.387 e. The van der Waals surface area contributed by atoms with Gasteiger partial charge >= 0.3 is 12.6 Å². The van der Waals surface area contributed by atoms with Crippen LogP contribution in [-0.4, -0.2) is 34.5 Å². The van der Waals surface area contributed by atoms with Crippen molar-refractivity contribution in [2.24, 2.45) is 11.7 Å². The zero-order valence-electron chi connectivity index (χ0n) is 19.1. The molecule has 0 spiro atoms. The maximum atomic E-state index is 13.0. The molecule has 1 heterocycles. The first kappa shape index (κ1) is 25.2. The minimum atomic E-state index is -3.10. The van der Waals surface area contributed by atoms with Gasteiger partial charge in [-0.15, -0.1) is 0 Å². The Bertz CT molecular complexity index is 1200. The molecule has 0 aliphatic heterocycles. The summed E-state index contributed by atoms with van der Waals surface area (Å²) in [6, 6.07) is 8.49. The van der Waals surface area contributed by atoms with E-state index < -0.39 is 12.6 Å². The van der Waals surface area contributed by atoms with E-state index in [1.165, 1.54) is 25.2 Å². The number of hydrazine groups is 2. The summed E-state index contributed by atoms with van der Waals surface area (Å²) >= 11 is 6.43. The third kappa shape index (κ3) is 5.22. The molecule has 1 aromatic heterocycles. The summed E-state index contributed by atoms with van der Waals surface area (Å²) in [5.41, 5.74) is 3.87. The number of carbonyl (C=O) groups is 1. The molecule has 2 aromatic carbocycles. The molecule has 0 saturated heterocycles. The highest BCUT2D eigenvalue weighted by molar-refractivity contribution is 6.32. The summed E-state index contributed by atoms with van der Waals surface area (Å²) in [7, 11) is 1.30. The van der Waals surface area contributed by atoms with Crippen molar-refractivity contribution in [3.63, 3.8) is 0 Å². The second kappa shape index (κ2) is 10.2. The van der Waals surface area contributed by atoms with Gasteiger partial charge in [0.2, 0.25) is 0 Å². The Morgan fingerprint density at radius 1 is 1.18 bits per heavy atom. The van der Waals surface area contributed by atoms with Gasteiger partial charge in [-0.2, -0.15) is 13.9 Å². The molecule has 0 aliphatic carbocycles. The Kier molecular flexibility index (Phi) is 7.60. The average Bonchev–Trinajstić information content (AvgIpc) is 3.04. The molecule has 0 unspecified atom stereocenters. The van der Waals surface area contributed by atoms with Crippen LogP contribution in [0.2, 0.25) is 5.02 Å². The van der Waals surface area contributed by atoms with Gasteiger partial charge in [0.1, 0.15) is 18.1 Å². The van der Waals surface area contributed by atoms with E-state index in [4.69, 9.17) is 28.0 Å². The fourth-order valence-corrected chi connectivity index (χ4v) is 3.49. The predicted octanol–water partition coefficient (Wildman–Crippen LogP) is 4.24. The van der Waals surface area contributed by atoms with E-state index >= 15 is 0 Å². The number of aromatic nitrogens is 2. The van der Waals surface area contributed by atoms with Crippen molar-refractivity contribution in [3.05, 3.63) is 63.9 Å². The van der Waals surface area contributed by atoms with Crippen LogP contribution in [0.4, 0.5) is 19.3 Å². The molecule has 0 radical (unpaired) electrons. The van der Waals surface area contributed by atoms with Crippen LogP contribution in [0.3, 0.4) is 0 Å². The molecular formula is C22H25ClF2N6O3. The second-order valence-corrected chi connectivity index (χ2v) is 7.91. The number of hydrogen-bond donors (Lipinski definition) is 2. The highest BCUT2D eigenvalue weighted by Crippen LogP contribution is 2.34. The maximum absolute atomic E-state index is 13.0. The van der Waals surface area contributed by atoms with E-state index in [1.54, 1.807) is 22.9 Å². The molecule has 3 rings (SSSR count). The fraction of sp³-hybridized carbons (Fsp3) is 0.273. The Balaban J connectivity index is 1.92. The van der Waals surface area contributed by atoms with E-state index in [1.807, 2.05) is 20.8 Å². The van der Waals surface area contributed by atoms with Gasteiger partial charge in [0.15, 0.2) is 0 Å². The first-order valence-corrected chi connectivity index (χ1v) is 10.5. The number of nitrogens with zero attached hydrogens (tertiary/aromatic N) is 4. The molecule has 0 bridgehead atoms. The summed E-state index contributed by atoms with van der Waals surface area (Å²) in [5.74, 6) is 11.4. The zero-order chi connectivity index (χ0) is 25.2. The summed E-state index contributed by atoms with van der Waals surface area (Å²) in [4.78, 5) is 12.2. The Morgan fingerprint density at radius 2 is 1.88 bits per heavy atom. The van der Waals surface area contributed by atoms with Crippen LogP contribution >= 0.6 is 11.6 Å². The topological polar surface area (TPSA) is 112 Å². The van der Waals surface area contributed by atoms with Gasteiger partial charge in [-0.1, -0.05) is 17.7 Å². The summed E-state index contributed by atoms with van der Waals surface area (Å²) in [6.45, 7) is 2.49. The molecule has 12 heteroatoms. The molecular weight excluding hydrogens is 470 g/mol. The second-order valence-electron chi connectivity index (χ2n) is 7.51. The summed E-state index contributed by atoms with van der Waals surface area (Å²) < 4.78 is 38.1. The minimum Gasteiger partial charge on any atom is -0.487 e. The number of hydrogen-bond acceptors (Lipinski definition) is 6. The molecule has 0 atom stereocenters. The number of rotatable bonds is 7. The predicted molar refractivity (Wildman–Crippen MR) is 124 cm³/mol. The highest BCUT2D eigenvalue weighted by Gasteiger charge is 2.22. The minimum absolute atomic E-state index is 0.0753. The van der Waals surface area contributed by atoms with Crippen LogP contribution in [0.5, 0.6) is 11.5 Å². The zero-order valence-corrected chi connectivity index (χ0v) is 19.8. The van der Waals surface area contributed by atoms with Crippen molar-refractivity contribution in [1.29, 1.82) is 0 Å². The number of carbonyl (C=O) groups excluding carboxylic acids is 1. The molecule has 182 valence electrons. The van der Waals surface area contributed by atoms with Crippen LogP contribution in [-0.2, 0) is 6.61 Å². The molecule has 0 aliphatic rings. The molecule has 9 nitrogen and oxygen atoms in total. The molecule has 0 saturated carbocycles. The van der Waals surface area contributed by atoms with E-state index in [2.05, 4.69) is 9.84 Å². The van der Waals surface area contributed by atoms with Crippen LogP contribution in [0.25, 0.3) is 5.69 Å². The Morgan fingerprint density at radius 3 is 2.44 bits per heavy atom. The van der Waals surface area contributed by atoms with Crippen molar-refractivity contribution < 1.29 is 23.0 Å². The molecule has 4 N–H and O–H groups in total.